The van der Waals surface area contributed by atoms with Crippen molar-refractivity contribution in [2.45, 2.75) is 25.9 Å². The van der Waals surface area contributed by atoms with E-state index in [2.05, 4.69) is 46.2 Å². The Kier molecular flexibility index (Phi) is 8.11. The Hall–Kier alpha value is -4.91. The number of hydrogen-bond acceptors (Lipinski definition) is 9. The van der Waals surface area contributed by atoms with Crippen LogP contribution in [0.15, 0.2) is 78.0 Å². The summed E-state index contributed by atoms with van der Waals surface area (Å²) in [4.78, 5) is 19.4. The SMILES string of the molecule is C=C(Nc1ccc2c(c1)OCO2)c1cc(C(C)C)on1.O=C(Nc1nc2cnc(C(F)(F)F)cc2s1)c1ccccc1. The monoisotopic (exact) mass is 595 g/mol. The predicted octanol–water partition coefficient (Wildman–Crippen LogP) is 7.57. The van der Waals surface area contributed by atoms with Crippen molar-refractivity contribution in [3.05, 3.63) is 96.2 Å². The Balaban J connectivity index is 0.000000169. The molecule has 5 aromatic rings. The fourth-order valence-electron chi connectivity index (χ4n) is 3.72. The Morgan fingerprint density at radius 2 is 1.79 bits per heavy atom. The third-order valence-corrected chi connectivity index (χ3v) is 6.83. The summed E-state index contributed by atoms with van der Waals surface area (Å²) >= 11 is 0.967. The fourth-order valence-corrected chi connectivity index (χ4v) is 4.58. The molecule has 6 rings (SSSR count). The molecule has 216 valence electrons. The molecule has 13 heteroatoms. The summed E-state index contributed by atoms with van der Waals surface area (Å²) in [5.74, 6) is 2.25. The molecule has 1 aliphatic rings. The minimum atomic E-state index is -4.51. The molecule has 3 aromatic heterocycles. The van der Waals surface area contributed by atoms with Gasteiger partial charge < -0.3 is 19.3 Å². The number of carbonyl (C=O) groups excluding carboxylic acids is 1. The Bertz CT molecular complexity index is 1730. The normalized spacial score (nSPS) is 12.1. The number of alkyl halides is 3. The Morgan fingerprint density at radius 3 is 2.50 bits per heavy atom. The van der Waals surface area contributed by atoms with E-state index >= 15 is 0 Å². The van der Waals surface area contributed by atoms with Gasteiger partial charge in [-0.1, -0.05) is 55.1 Å². The lowest BCUT2D eigenvalue weighted by Gasteiger charge is -2.07. The standard InChI is InChI=1S/C15H16N2O3.C14H8F3N3OS/c1-9(2)14-7-12(17-20-14)10(3)16-11-4-5-13-15(6-11)19-8-18-13;15-14(16,17)11-6-10-9(7-18-11)19-13(22-10)20-12(21)8-4-2-1-3-5-8/h4-7,9,16H,3,8H2,1-2H3;1-7H,(H,19,20,21). The highest BCUT2D eigenvalue weighted by molar-refractivity contribution is 7.22. The van der Waals surface area contributed by atoms with Gasteiger partial charge >= 0.3 is 6.18 Å². The number of benzene rings is 2. The molecule has 0 unspecified atom stereocenters. The third-order valence-electron chi connectivity index (χ3n) is 5.90. The van der Waals surface area contributed by atoms with E-state index in [0.29, 0.717) is 33.1 Å². The van der Waals surface area contributed by atoms with Crippen LogP contribution in [0.25, 0.3) is 15.9 Å². The van der Waals surface area contributed by atoms with Gasteiger partial charge in [0.25, 0.3) is 5.91 Å². The van der Waals surface area contributed by atoms with Crippen LogP contribution in [0.1, 0.15) is 47.3 Å². The first-order chi connectivity index (χ1) is 20.1. The number of hydrogen-bond donors (Lipinski definition) is 2. The minimum Gasteiger partial charge on any atom is -0.454 e. The van der Waals surface area contributed by atoms with Crippen LogP contribution >= 0.6 is 11.3 Å². The van der Waals surface area contributed by atoms with Gasteiger partial charge in [0.1, 0.15) is 22.7 Å². The van der Waals surface area contributed by atoms with Gasteiger partial charge in [0.05, 0.1) is 16.6 Å². The lowest BCUT2D eigenvalue weighted by molar-refractivity contribution is -0.141. The average Bonchev–Trinajstić information content (AvgIpc) is 3.72. The van der Waals surface area contributed by atoms with Crippen LogP contribution in [0.5, 0.6) is 11.5 Å². The number of amides is 1. The first kappa shape index (κ1) is 28.6. The zero-order chi connectivity index (χ0) is 29.9. The van der Waals surface area contributed by atoms with Crippen molar-refractivity contribution in [3.63, 3.8) is 0 Å². The number of aromatic nitrogens is 3. The van der Waals surface area contributed by atoms with Gasteiger partial charge in [-0.05, 0) is 30.3 Å². The summed E-state index contributed by atoms with van der Waals surface area (Å²) < 4.78 is 54.0. The third kappa shape index (κ3) is 6.69. The zero-order valence-electron chi connectivity index (χ0n) is 22.4. The van der Waals surface area contributed by atoms with Gasteiger partial charge in [-0.3, -0.25) is 10.1 Å². The molecule has 2 aromatic carbocycles. The topological polar surface area (TPSA) is 111 Å². The molecule has 0 radical (unpaired) electrons. The number of carbonyl (C=O) groups is 1. The molecule has 0 saturated heterocycles. The maximum atomic E-state index is 12.6. The van der Waals surface area contributed by atoms with E-state index in [9.17, 15) is 18.0 Å². The maximum Gasteiger partial charge on any atom is 0.433 e. The molecule has 42 heavy (non-hydrogen) atoms. The first-order valence-electron chi connectivity index (χ1n) is 12.6. The van der Waals surface area contributed by atoms with Gasteiger partial charge in [0.2, 0.25) is 6.79 Å². The van der Waals surface area contributed by atoms with E-state index in [0.717, 1.165) is 46.5 Å². The molecule has 0 atom stereocenters. The molecule has 1 aliphatic heterocycles. The quantitative estimate of drug-likeness (QED) is 0.207. The van der Waals surface area contributed by atoms with Crippen molar-refractivity contribution in [2.75, 3.05) is 17.4 Å². The van der Waals surface area contributed by atoms with E-state index in [1.165, 1.54) is 0 Å². The van der Waals surface area contributed by atoms with Crippen molar-refractivity contribution >= 4 is 44.0 Å². The lowest BCUT2D eigenvalue weighted by atomic mass is 10.1. The van der Waals surface area contributed by atoms with Crippen molar-refractivity contribution in [2.24, 2.45) is 0 Å². The highest BCUT2D eigenvalue weighted by atomic mass is 32.1. The fraction of sp³-hybridized carbons (Fsp3) is 0.172. The molecule has 0 spiro atoms. The van der Waals surface area contributed by atoms with E-state index in [1.807, 2.05) is 24.3 Å². The molecule has 1 amide bonds. The number of thiazole rings is 1. The van der Waals surface area contributed by atoms with Crippen LogP contribution in [0.2, 0.25) is 0 Å². The molecule has 0 fully saturated rings. The van der Waals surface area contributed by atoms with Crippen LogP contribution in [0.3, 0.4) is 0 Å². The van der Waals surface area contributed by atoms with Gasteiger partial charge in [-0.15, -0.1) is 0 Å². The van der Waals surface area contributed by atoms with Crippen LogP contribution in [-0.2, 0) is 6.18 Å². The summed E-state index contributed by atoms with van der Waals surface area (Å²) in [7, 11) is 0. The summed E-state index contributed by atoms with van der Waals surface area (Å²) in [5.41, 5.74) is 2.01. The summed E-state index contributed by atoms with van der Waals surface area (Å²) in [5, 5.41) is 9.99. The second-order valence-corrected chi connectivity index (χ2v) is 10.3. The number of rotatable bonds is 6. The average molecular weight is 596 g/mol. The van der Waals surface area contributed by atoms with Crippen molar-refractivity contribution in [1.29, 1.82) is 0 Å². The smallest absolute Gasteiger partial charge is 0.433 e. The number of anilines is 2. The molecular weight excluding hydrogens is 571 g/mol. The highest BCUT2D eigenvalue weighted by Gasteiger charge is 2.32. The van der Waals surface area contributed by atoms with Gasteiger partial charge in [0, 0.05) is 29.3 Å². The van der Waals surface area contributed by atoms with Crippen LogP contribution in [0.4, 0.5) is 24.0 Å². The molecule has 0 bridgehead atoms. The number of fused-ring (bicyclic) bond motifs is 2. The summed E-state index contributed by atoms with van der Waals surface area (Å²) in [6, 6.07) is 16.9. The molecule has 4 heterocycles. The van der Waals surface area contributed by atoms with E-state index in [-0.39, 0.29) is 17.8 Å². The largest absolute Gasteiger partial charge is 0.454 e. The molecule has 2 N–H and O–H groups in total. The lowest BCUT2D eigenvalue weighted by Crippen LogP contribution is -2.11. The predicted molar refractivity (Wildman–Crippen MR) is 153 cm³/mol. The second kappa shape index (κ2) is 11.9. The van der Waals surface area contributed by atoms with Gasteiger partial charge in [0.15, 0.2) is 16.6 Å². The van der Waals surface area contributed by atoms with E-state index < -0.39 is 11.9 Å². The van der Waals surface area contributed by atoms with Gasteiger partial charge in [-0.25, -0.2) is 9.97 Å². The highest BCUT2D eigenvalue weighted by Crippen LogP contribution is 2.35. The first-order valence-corrected chi connectivity index (χ1v) is 13.4. The Labute approximate surface area is 242 Å². The van der Waals surface area contributed by atoms with Crippen LogP contribution in [-0.4, -0.2) is 27.8 Å². The summed E-state index contributed by atoms with van der Waals surface area (Å²) in [6.07, 6.45) is -3.46. The zero-order valence-corrected chi connectivity index (χ0v) is 23.2. The van der Waals surface area contributed by atoms with Gasteiger partial charge in [-0.2, -0.15) is 13.2 Å². The van der Waals surface area contributed by atoms with Crippen molar-refractivity contribution < 1.29 is 32.0 Å². The molecule has 0 saturated carbocycles. The van der Waals surface area contributed by atoms with E-state index in [4.69, 9.17) is 14.0 Å². The number of nitrogens with zero attached hydrogens (tertiary/aromatic N) is 3. The molecule has 0 aliphatic carbocycles. The van der Waals surface area contributed by atoms with Crippen molar-refractivity contribution in [1.82, 2.24) is 15.1 Å². The number of ether oxygens (including phenoxy) is 2. The van der Waals surface area contributed by atoms with Crippen molar-refractivity contribution in [3.8, 4) is 11.5 Å². The van der Waals surface area contributed by atoms with Crippen LogP contribution in [0, 0.1) is 0 Å². The number of halogens is 3. The molecular formula is C29H24F3N5O4S. The number of pyridine rings is 1. The number of nitrogens with one attached hydrogen (secondary N) is 2. The molecule has 9 nitrogen and oxygen atoms in total. The minimum absolute atomic E-state index is 0.227. The maximum absolute atomic E-state index is 12.6. The summed E-state index contributed by atoms with van der Waals surface area (Å²) in [6.45, 7) is 8.35. The second-order valence-electron chi connectivity index (χ2n) is 9.32. The van der Waals surface area contributed by atoms with E-state index in [1.54, 1.807) is 30.3 Å². The van der Waals surface area contributed by atoms with Crippen LogP contribution < -0.4 is 20.1 Å². The Morgan fingerprint density at radius 1 is 1.02 bits per heavy atom.